The first kappa shape index (κ1) is 14.9. The van der Waals surface area contributed by atoms with Crippen molar-refractivity contribution in [3.63, 3.8) is 0 Å². The summed E-state index contributed by atoms with van der Waals surface area (Å²) in [4.78, 5) is 0. The molecule has 2 rings (SSSR count). The van der Waals surface area contributed by atoms with Crippen LogP contribution in [0.3, 0.4) is 0 Å². The molecular weight excluding hydrogens is 280 g/mol. The van der Waals surface area contributed by atoms with Crippen LogP contribution in [-0.4, -0.2) is 0 Å². The van der Waals surface area contributed by atoms with E-state index in [1.165, 1.54) is 6.07 Å². The van der Waals surface area contributed by atoms with Gasteiger partial charge >= 0.3 is 58.2 Å². The maximum absolute atomic E-state index is 13.5. The summed E-state index contributed by atoms with van der Waals surface area (Å²) in [6.07, 6.45) is 4.18. The minimum absolute atomic E-state index is 0. The Balaban J connectivity index is 0.00000128. The number of rotatable bonds is 1. The molecule has 0 aliphatic heterocycles. The molecular formula is C13H15F2Rb. The van der Waals surface area contributed by atoms with Gasteiger partial charge in [0.15, 0.2) is 0 Å². The molecule has 0 nitrogen and oxygen atoms in total. The van der Waals surface area contributed by atoms with Crippen LogP contribution in [0.5, 0.6) is 0 Å². The molecule has 1 saturated carbocycles. The van der Waals surface area contributed by atoms with Crippen molar-refractivity contribution in [2.24, 2.45) is 5.92 Å². The molecule has 16 heavy (non-hydrogen) atoms. The predicted molar refractivity (Wildman–Crippen MR) is 55.6 cm³/mol. The molecule has 0 unspecified atom stereocenters. The van der Waals surface area contributed by atoms with Crippen LogP contribution in [0.15, 0.2) is 12.1 Å². The summed E-state index contributed by atoms with van der Waals surface area (Å²) in [5.74, 6) is -0.613. The third kappa shape index (κ3) is 3.44. The molecule has 1 aliphatic rings. The van der Waals surface area contributed by atoms with Gasteiger partial charge < -0.3 is 0 Å². The Kier molecular flexibility index (Phi) is 6.28. The summed E-state index contributed by atoms with van der Waals surface area (Å²) >= 11 is 0. The summed E-state index contributed by atoms with van der Waals surface area (Å²) in [5, 5.41) is 0. The first-order valence-electron chi connectivity index (χ1n) is 5.54. The predicted octanol–water partition coefficient (Wildman–Crippen LogP) is 1.06. The topological polar surface area (TPSA) is 0 Å². The minimum Gasteiger partial charge on any atom is -0.281 e. The summed E-state index contributed by atoms with van der Waals surface area (Å²) in [6, 6.07) is 5.39. The second-order valence-corrected chi connectivity index (χ2v) is 4.52. The van der Waals surface area contributed by atoms with Crippen molar-refractivity contribution in [1.29, 1.82) is 0 Å². The Bertz CT molecular complexity index is 344. The monoisotopic (exact) mass is 294 g/mol. The SMILES string of the molecule is CC1CCC(c2cc[c-]c(F)c2F)CC1.[Rb+]. The van der Waals surface area contributed by atoms with Crippen molar-refractivity contribution in [2.45, 2.75) is 38.5 Å². The average molecular weight is 295 g/mol. The molecule has 1 aliphatic carbocycles. The third-order valence-electron chi connectivity index (χ3n) is 3.37. The number of hydrogen-bond acceptors (Lipinski definition) is 0. The van der Waals surface area contributed by atoms with Crippen molar-refractivity contribution in [2.75, 3.05) is 0 Å². The van der Waals surface area contributed by atoms with Gasteiger partial charge in [0.2, 0.25) is 0 Å². The van der Waals surface area contributed by atoms with E-state index in [9.17, 15) is 8.78 Å². The molecule has 3 heteroatoms. The molecule has 1 fully saturated rings. The normalized spacial score (nSPS) is 24.9. The molecule has 0 saturated heterocycles. The van der Waals surface area contributed by atoms with Gasteiger partial charge in [-0.25, -0.2) is 4.39 Å². The molecule has 1 aromatic rings. The first-order chi connectivity index (χ1) is 7.18. The van der Waals surface area contributed by atoms with Crippen LogP contribution >= 0.6 is 0 Å². The van der Waals surface area contributed by atoms with E-state index in [4.69, 9.17) is 0 Å². The fourth-order valence-corrected chi connectivity index (χ4v) is 2.35. The zero-order valence-electron chi connectivity index (χ0n) is 9.89. The maximum Gasteiger partial charge on any atom is 1.00 e. The van der Waals surface area contributed by atoms with Crippen molar-refractivity contribution in [3.8, 4) is 0 Å². The quantitative estimate of drug-likeness (QED) is 0.680. The zero-order valence-corrected chi connectivity index (χ0v) is 14.8. The van der Waals surface area contributed by atoms with E-state index in [1.54, 1.807) is 6.07 Å². The smallest absolute Gasteiger partial charge is 0.281 e. The Morgan fingerprint density at radius 2 is 1.81 bits per heavy atom. The van der Waals surface area contributed by atoms with E-state index in [1.807, 2.05) is 0 Å². The van der Waals surface area contributed by atoms with Crippen LogP contribution < -0.4 is 58.2 Å². The largest absolute Gasteiger partial charge is 1.00 e. The van der Waals surface area contributed by atoms with Crippen molar-refractivity contribution < 1.29 is 67.0 Å². The average Bonchev–Trinajstić information content (AvgIpc) is 2.24. The summed E-state index contributed by atoms with van der Waals surface area (Å²) in [5.41, 5.74) is 0.540. The van der Waals surface area contributed by atoms with Gasteiger partial charge in [0.05, 0.1) is 0 Å². The fourth-order valence-electron chi connectivity index (χ4n) is 2.35. The van der Waals surface area contributed by atoms with Gasteiger partial charge in [-0.15, -0.1) is 11.6 Å². The van der Waals surface area contributed by atoms with E-state index in [-0.39, 0.29) is 64.1 Å². The van der Waals surface area contributed by atoms with Gasteiger partial charge in [0.1, 0.15) is 0 Å². The van der Waals surface area contributed by atoms with E-state index in [2.05, 4.69) is 13.0 Å². The molecule has 0 radical (unpaired) electrons. The zero-order chi connectivity index (χ0) is 10.8. The van der Waals surface area contributed by atoms with Gasteiger partial charge in [-0.1, -0.05) is 19.8 Å². The van der Waals surface area contributed by atoms with E-state index < -0.39 is 11.6 Å². The standard InChI is InChI=1S/C13H15F2.Rb/c1-9-5-7-10(8-6-9)11-3-2-4-12(14)13(11)15;/h2-3,9-10H,5-8H2,1H3;/q-1;+1. The molecule has 0 bridgehead atoms. The molecule has 0 heterocycles. The van der Waals surface area contributed by atoms with Gasteiger partial charge in [-0.2, -0.15) is 12.1 Å². The minimum atomic E-state index is -0.842. The number of benzene rings is 1. The molecule has 82 valence electrons. The Labute approximate surface area is 145 Å². The van der Waals surface area contributed by atoms with E-state index >= 15 is 0 Å². The van der Waals surface area contributed by atoms with Gasteiger partial charge in [-0.05, 0) is 24.7 Å². The molecule has 0 amide bonds. The molecule has 0 spiro atoms. The van der Waals surface area contributed by atoms with E-state index in [0.29, 0.717) is 5.56 Å². The molecule has 1 aromatic carbocycles. The summed E-state index contributed by atoms with van der Waals surface area (Å²) in [7, 11) is 0. The van der Waals surface area contributed by atoms with Crippen LogP contribution in [0.4, 0.5) is 8.78 Å². The van der Waals surface area contributed by atoms with Crippen molar-refractivity contribution >= 4 is 0 Å². The Hall–Kier alpha value is 0.885. The van der Waals surface area contributed by atoms with Gasteiger partial charge in [0, 0.05) is 11.6 Å². The van der Waals surface area contributed by atoms with Crippen LogP contribution in [0.2, 0.25) is 0 Å². The molecule has 0 aromatic heterocycles. The number of halogens is 2. The van der Waals surface area contributed by atoms with Crippen LogP contribution in [0.1, 0.15) is 44.1 Å². The van der Waals surface area contributed by atoms with Crippen molar-refractivity contribution in [3.05, 3.63) is 35.4 Å². The van der Waals surface area contributed by atoms with Crippen LogP contribution in [0, 0.1) is 23.6 Å². The van der Waals surface area contributed by atoms with Crippen LogP contribution in [0.25, 0.3) is 0 Å². The Morgan fingerprint density at radius 3 is 2.44 bits per heavy atom. The maximum atomic E-state index is 13.5. The fraction of sp³-hybridized carbons (Fsp3) is 0.538. The van der Waals surface area contributed by atoms with Gasteiger partial charge in [-0.3, -0.25) is 4.39 Å². The van der Waals surface area contributed by atoms with Crippen molar-refractivity contribution in [1.82, 2.24) is 0 Å². The first-order valence-corrected chi connectivity index (χ1v) is 5.54. The molecule has 0 atom stereocenters. The number of hydrogen-bond donors (Lipinski definition) is 0. The molecule has 0 N–H and O–H groups in total. The Morgan fingerprint density at radius 1 is 1.19 bits per heavy atom. The van der Waals surface area contributed by atoms with Gasteiger partial charge in [0.25, 0.3) is 0 Å². The third-order valence-corrected chi connectivity index (χ3v) is 3.37. The summed E-state index contributed by atoms with van der Waals surface area (Å²) in [6.45, 7) is 2.21. The second kappa shape index (κ2) is 6.72. The van der Waals surface area contributed by atoms with Crippen LogP contribution in [-0.2, 0) is 0 Å². The summed E-state index contributed by atoms with van der Waals surface area (Å²) < 4.78 is 26.5. The van der Waals surface area contributed by atoms with E-state index in [0.717, 1.165) is 31.6 Å². The second-order valence-electron chi connectivity index (χ2n) is 4.52.